The van der Waals surface area contributed by atoms with E-state index in [-0.39, 0.29) is 35.9 Å². The van der Waals surface area contributed by atoms with Crippen molar-refractivity contribution in [3.63, 3.8) is 0 Å². The van der Waals surface area contributed by atoms with Crippen molar-refractivity contribution in [1.82, 2.24) is 20.2 Å². The van der Waals surface area contributed by atoms with E-state index >= 15 is 0 Å². The number of piperidine rings is 1. The minimum Gasteiger partial charge on any atom is -0.352 e. The number of quaternary nitrogens is 1. The van der Waals surface area contributed by atoms with Gasteiger partial charge in [-0.25, -0.2) is 9.37 Å². The number of carbonyl (C=O) groups excluding carboxylic acids is 2. The second kappa shape index (κ2) is 7.71. The zero-order valence-corrected chi connectivity index (χ0v) is 15.7. The van der Waals surface area contributed by atoms with Crippen molar-refractivity contribution in [1.29, 1.82) is 0 Å². The molecule has 0 radical (unpaired) electrons. The molecule has 0 saturated carbocycles. The Balaban J connectivity index is 1.27. The van der Waals surface area contributed by atoms with Gasteiger partial charge in [0.05, 0.1) is 12.9 Å². The standard InChI is InChI=1S/C20H24FN5O2/c21-15-3-1-2-14(12-15)19(28)22-8-5-17(27)26-10-6-20(7-11-26)18-16(4-9-25-20)23-13-24-18/h1-3,12-13,25H,4-11H2,(H,22,28)(H,23,24)/p+1. The van der Waals surface area contributed by atoms with Crippen molar-refractivity contribution < 1.29 is 19.3 Å². The van der Waals surface area contributed by atoms with Crippen LogP contribution in [0.5, 0.6) is 0 Å². The van der Waals surface area contributed by atoms with Crippen LogP contribution in [0, 0.1) is 5.82 Å². The van der Waals surface area contributed by atoms with E-state index in [1.54, 1.807) is 12.4 Å². The molecule has 8 heteroatoms. The lowest BCUT2D eigenvalue weighted by Gasteiger charge is -2.41. The van der Waals surface area contributed by atoms with E-state index in [4.69, 9.17) is 0 Å². The van der Waals surface area contributed by atoms with Crippen LogP contribution in [0.25, 0.3) is 0 Å². The van der Waals surface area contributed by atoms with Crippen molar-refractivity contribution in [2.75, 3.05) is 26.2 Å². The molecule has 2 aliphatic heterocycles. The molecule has 1 fully saturated rings. The van der Waals surface area contributed by atoms with E-state index in [9.17, 15) is 14.0 Å². The number of carbonyl (C=O) groups is 2. The molecule has 1 aromatic carbocycles. The zero-order chi connectivity index (χ0) is 19.6. The van der Waals surface area contributed by atoms with Crippen molar-refractivity contribution >= 4 is 11.8 Å². The fourth-order valence-electron chi connectivity index (χ4n) is 4.30. The number of nitrogens with one attached hydrogen (secondary N) is 2. The molecule has 2 amide bonds. The highest BCUT2D eigenvalue weighted by molar-refractivity contribution is 5.94. The molecule has 1 saturated heterocycles. The van der Waals surface area contributed by atoms with Gasteiger partial charge < -0.3 is 20.5 Å². The Morgan fingerprint density at radius 3 is 2.93 bits per heavy atom. The van der Waals surface area contributed by atoms with Gasteiger partial charge in [0, 0.05) is 56.6 Å². The fraction of sp³-hybridized carbons (Fsp3) is 0.450. The van der Waals surface area contributed by atoms with E-state index in [0.29, 0.717) is 13.1 Å². The lowest BCUT2D eigenvalue weighted by atomic mass is 9.80. The van der Waals surface area contributed by atoms with Crippen molar-refractivity contribution in [2.45, 2.75) is 31.2 Å². The van der Waals surface area contributed by atoms with Gasteiger partial charge in [-0.1, -0.05) is 6.07 Å². The normalized spacial score (nSPS) is 18.0. The molecule has 7 nitrogen and oxygen atoms in total. The van der Waals surface area contributed by atoms with E-state index in [1.807, 2.05) is 4.90 Å². The van der Waals surface area contributed by atoms with Crippen LogP contribution in [-0.2, 0) is 16.8 Å². The maximum atomic E-state index is 13.2. The number of imidazole rings is 1. The van der Waals surface area contributed by atoms with Crippen LogP contribution in [0.3, 0.4) is 0 Å². The van der Waals surface area contributed by atoms with Crippen LogP contribution < -0.4 is 10.6 Å². The summed E-state index contributed by atoms with van der Waals surface area (Å²) in [4.78, 5) is 34.2. The zero-order valence-electron chi connectivity index (χ0n) is 15.7. The SMILES string of the molecule is O=C(NCCC(=O)N1CCC2(CC1)[NH2+]CCc1[nH]cnc12)c1cccc(F)c1. The van der Waals surface area contributed by atoms with Gasteiger partial charge in [-0.15, -0.1) is 0 Å². The Hall–Kier alpha value is -2.74. The van der Waals surface area contributed by atoms with Crippen LogP contribution in [0.2, 0.25) is 0 Å². The van der Waals surface area contributed by atoms with Gasteiger partial charge in [-0.2, -0.15) is 0 Å². The number of hydrogen-bond donors (Lipinski definition) is 3. The van der Waals surface area contributed by atoms with E-state index in [1.165, 1.54) is 23.9 Å². The van der Waals surface area contributed by atoms with Crippen LogP contribution >= 0.6 is 0 Å². The van der Waals surface area contributed by atoms with E-state index < -0.39 is 5.82 Å². The summed E-state index contributed by atoms with van der Waals surface area (Å²) in [5, 5.41) is 5.06. The van der Waals surface area contributed by atoms with Gasteiger partial charge >= 0.3 is 0 Å². The summed E-state index contributed by atoms with van der Waals surface area (Å²) >= 11 is 0. The van der Waals surface area contributed by atoms with Gasteiger partial charge in [0.1, 0.15) is 17.1 Å². The fourth-order valence-corrected chi connectivity index (χ4v) is 4.30. The van der Waals surface area contributed by atoms with Crippen molar-refractivity contribution in [3.8, 4) is 0 Å². The molecule has 2 aromatic rings. The lowest BCUT2D eigenvalue weighted by molar-refractivity contribution is -0.743. The summed E-state index contributed by atoms with van der Waals surface area (Å²) in [6.07, 6.45) is 4.78. The van der Waals surface area contributed by atoms with Gasteiger partial charge in [-0.05, 0) is 18.2 Å². The Morgan fingerprint density at radius 2 is 2.14 bits per heavy atom. The Bertz CT molecular complexity index is 873. The first kappa shape index (κ1) is 18.6. The number of fused-ring (bicyclic) bond motifs is 2. The number of aromatic amines is 1. The molecule has 3 heterocycles. The first-order valence-corrected chi connectivity index (χ1v) is 9.76. The van der Waals surface area contributed by atoms with Gasteiger partial charge in [0.15, 0.2) is 0 Å². The topological polar surface area (TPSA) is 94.7 Å². The highest BCUT2D eigenvalue weighted by Crippen LogP contribution is 2.31. The molecule has 0 bridgehead atoms. The van der Waals surface area contributed by atoms with Crippen LogP contribution in [-0.4, -0.2) is 52.9 Å². The minimum atomic E-state index is -0.453. The Morgan fingerprint density at radius 1 is 1.32 bits per heavy atom. The number of hydrogen-bond acceptors (Lipinski definition) is 3. The van der Waals surface area contributed by atoms with Crippen LogP contribution in [0.1, 0.15) is 41.0 Å². The number of benzene rings is 1. The number of rotatable bonds is 4. The predicted octanol–water partition coefficient (Wildman–Crippen LogP) is 0.306. The molecule has 28 heavy (non-hydrogen) atoms. The maximum Gasteiger partial charge on any atom is 0.251 e. The first-order valence-electron chi connectivity index (χ1n) is 9.76. The monoisotopic (exact) mass is 386 g/mol. The molecule has 1 aromatic heterocycles. The first-order chi connectivity index (χ1) is 13.6. The second-order valence-electron chi connectivity index (χ2n) is 7.53. The lowest BCUT2D eigenvalue weighted by Crippen LogP contribution is -2.97. The summed E-state index contributed by atoms with van der Waals surface area (Å²) < 4.78 is 13.2. The van der Waals surface area contributed by atoms with E-state index in [2.05, 4.69) is 20.6 Å². The largest absolute Gasteiger partial charge is 0.352 e. The average molecular weight is 386 g/mol. The van der Waals surface area contributed by atoms with Crippen molar-refractivity contribution in [3.05, 3.63) is 53.4 Å². The molecule has 0 unspecified atom stereocenters. The average Bonchev–Trinajstić information content (AvgIpc) is 3.19. The Labute approximate surface area is 162 Å². The number of H-pyrrole nitrogens is 1. The smallest absolute Gasteiger partial charge is 0.251 e. The third-order valence-electron chi connectivity index (χ3n) is 5.84. The number of halogens is 1. The number of amides is 2. The predicted molar refractivity (Wildman–Crippen MR) is 99.9 cm³/mol. The number of likely N-dealkylation sites (tertiary alicyclic amines) is 1. The number of aromatic nitrogens is 2. The summed E-state index contributed by atoms with van der Waals surface area (Å²) in [7, 11) is 0. The molecule has 4 N–H and O–H groups in total. The van der Waals surface area contributed by atoms with Gasteiger partial charge in [-0.3, -0.25) is 9.59 Å². The van der Waals surface area contributed by atoms with Gasteiger partial charge in [0.25, 0.3) is 5.91 Å². The molecule has 148 valence electrons. The molecule has 0 aliphatic carbocycles. The van der Waals surface area contributed by atoms with Crippen LogP contribution in [0.4, 0.5) is 4.39 Å². The van der Waals surface area contributed by atoms with Crippen LogP contribution in [0.15, 0.2) is 30.6 Å². The summed E-state index contributed by atoms with van der Waals surface area (Å²) in [5.41, 5.74) is 2.61. The molecule has 0 atom stereocenters. The Kier molecular flexibility index (Phi) is 5.13. The van der Waals surface area contributed by atoms with Crippen molar-refractivity contribution in [2.24, 2.45) is 0 Å². The molecule has 1 spiro atoms. The van der Waals surface area contributed by atoms with Gasteiger partial charge in [0.2, 0.25) is 5.91 Å². The maximum absolute atomic E-state index is 13.2. The number of nitrogens with zero attached hydrogens (tertiary/aromatic N) is 2. The molecular weight excluding hydrogens is 361 g/mol. The van der Waals surface area contributed by atoms with E-state index in [0.717, 1.165) is 31.5 Å². The molecule has 4 rings (SSSR count). The number of nitrogens with two attached hydrogens (primary N) is 1. The third kappa shape index (κ3) is 3.64. The third-order valence-corrected chi connectivity index (χ3v) is 5.84. The second-order valence-corrected chi connectivity index (χ2v) is 7.53. The highest BCUT2D eigenvalue weighted by Gasteiger charge is 2.45. The highest BCUT2D eigenvalue weighted by atomic mass is 19.1. The molecular formula is C20H25FN5O2+. The minimum absolute atomic E-state index is 0.0179. The molecule has 2 aliphatic rings. The summed E-state index contributed by atoms with van der Waals surface area (Å²) in [6.45, 7) is 2.67. The quantitative estimate of drug-likeness (QED) is 0.706. The summed E-state index contributed by atoms with van der Waals surface area (Å²) in [5.74, 6) is -0.786. The summed E-state index contributed by atoms with van der Waals surface area (Å²) in [6, 6.07) is 5.52.